The number of carbonyl (C=O) groups excluding carboxylic acids is 1. The molecule has 4 rings (SSSR count). The molecule has 8 heteroatoms. The fraction of sp³-hybridized carbons (Fsp3) is 0.286. The maximum atomic E-state index is 12.5. The number of rotatable bonds is 5. The second-order valence-electron chi connectivity index (χ2n) is 7.20. The number of hydrogen-bond acceptors (Lipinski definition) is 6. The number of carbonyl (C=O) groups is 1. The molecule has 3 heterocycles. The van der Waals surface area contributed by atoms with Crippen LogP contribution in [0.5, 0.6) is 0 Å². The van der Waals surface area contributed by atoms with Crippen molar-refractivity contribution in [2.24, 2.45) is 0 Å². The summed E-state index contributed by atoms with van der Waals surface area (Å²) in [6.45, 7) is 2.21. The van der Waals surface area contributed by atoms with E-state index in [1.165, 1.54) is 11.3 Å². The number of benzene rings is 1. The molecule has 0 aliphatic carbocycles. The minimum Gasteiger partial charge on any atom is -0.382 e. The number of hydrogen-bond donors (Lipinski definition) is 3. The molecule has 29 heavy (non-hydrogen) atoms. The van der Waals surface area contributed by atoms with E-state index < -0.39 is 0 Å². The van der Waals surface area contributed by atoms with E-state index in [-0.39, 0.29) is 5.91 Å². The molecule has 148 valence electrons. The highest BCUT2D eigenvalue weighted by Crippen LogP contribution is 2.27. The molecule has 0 saturated carbocycles. The van der Waals surface area contributed by atoms with Crippen molar-refractivity contribution >= 4 is 28.7 Å². The van der Waals surface area contributed by atoms with Gasteiger partial charge in [-0.15, -0.1) is 11.3 Å². The lowest BCUT2D eigenvalue weighted by Gasteiger charge is -2.30. The molecule has 0 atom stereocenters. The van der Waals surface area contributed by atoms with Gasteiger partial charge in [-0.25, -0.2) is 0 Å². The standard InChI is InChI=1S/C21H22N6OS/c1-27-10-8-16(9-11-27)23-15-4-2-14(3-5-15)21(28)24-20-12-18(25-26-20)19-7-6-17(13-22)29-19/h2-7,12,16,23H,8-11H2,1H3,(H2,24,25,26,28). The van der Waals surface area contributed by atoms with Crippen molar-refractivity contribution in [2.75, 3.05) is 30.8 Å². The van der Waals surface area contributed by atoms with E-state index >= 15 is 0 Å². The highest BCUT2D eigenvalue weighted by molar-refractivity contribution is 7.15. The summed E-state index contributed by atoms with van der Waals surface area (Å²) in [5, 5.41) is 22.3. The number of nitriles is 1. The van der Waals surface area contributed by atoms with Gasteiger partial charge in [-0.05, 0) is 69.4 Å². The van der Waals surface area contributed by atoms with Crippen molar-refractivity contribution in [3.63, 3.8) is 0 Å². The molecule has 7 nitrogen and oxygen atoms in total. The molecular formula is C21H22N6OS. The highest BCUT2D eigenvalue weighted by atomic mass is 32.1. The van der Waals surface area contributed by atoms with Crippen LogP contribution >= 0.6 is 11.3 Å². The Morgan fingerprint density at radius 3 is 2.69 bits per heavy atom. The van der Waals surface area contributed by atoms with Gasteiger partial charge in [0.25, 0.3) is 5.91 Å². The average Bonchev–Trinajstić information content (AvgIpc) is 3.39. The average molecular weight is 407 g/mol. The van der Waals surface area contributed by atoms with E-state index in [0.29, 0.717) is 22.3 Å². The predicted octanol–water partition coefficient (Wildman–Crippen LogP) is 3.77. The number of likely N-dealkylation sites (tertiary alicyclic amines) is 1. The normalized spacial score (nSPS) is 15.0. The van der Waals surface area contributed by atoms with Crippen LogP contribution in [0.3, 0.4) is 0 Å². The number of amides is 1. The zero-order valence-electron chi connectivity index (χ0n) is 16.1. The summed E-state index contributed by atoms with van der Waals surface area (Å²) in [7, 11) is 2.15. The van der Waals surface area contributed by atoms with Crippen molar-refractivity contribution in [3.05, 3.63) is 52.9 Å². The number of aromatic nitrogens is 2. The third kappa shape index (κ3) is 4.65. The van der Waals surface area contributed by atoms with E-state index in [1.807, 2.05) is 30.3 Å². The Balaban J connectivity index is 1.36. The zero-order chi connectivity index (χ0) is 20.2. The molecule has 1 saturated heterocycles. The predicted molar refractivity (Wildman–Crippen MR) is 115 cm³/mol. The summed E-state index contributed by atoms with van der Waals surface area (Å²) >= 11 is 1.38. The van der Waals surface area contributed by atoms with Crippen LogP contribution in [-0.2, 0) is 0 Å². The third-order valence-electron chi connectivity index (χ3n) is 5.04. The van der Waals surface area contributed by atoms with Crippen molar-refractivity contribution in [1.29, 1.82) is 5.26 Å². The summed E-state index contributed by atoms with van der Waals surface area (Å²) in [6.07, 6.45) is 2.25. The number of nitrogens with one attached hydrogen (secondary N) is 3. The smallest absolute Gasteiger partial charge is 0.256 e. The van der Waals surface area contributed by atoms with Gasteiger partial charge in [-0.2, -0.15) is 10.4 Å². The fourth-order valence-electron chi connectivity index (χ4n) is 3.35. The second-order valence-corrected chi connectivity index (χ2v) is 8.28. The molecule has 0 radical (unpaired) electrons. The lowest BCUT2D eigenvalue weighted by molar-refractivity contribution is 0.102. The van der Waals surface area contributed by atoms with Crippen molar-refractivity contribution in [1.82, 2.24) is 15.1 Å². The van der Waals surface area contributed by atoms with E-state index in [0.717, 1.165) is 42.2 Å². The Morgan fingerprint density at radius 2 is 2.00 bits per heavy atom. The van der Waals surface area contributed by atoms with Gasteiger partial charge >= 0.3 is 0 Å². The first kappa shape index (κ1) is 19.2. The lowest BCUT2D eigenvalue weighted by Crippen LogP contribution is -2.36. The van der Waals surface area contributed by atoms with E-state index in [4.69, 9.17) is 5.26 Å². The van der Waals surface area contributed by atoms with Crippen molar-refractivity contribution in [2.45, 2.75) is 18.9 Å². The second kappa shape index (κ2) is 8.47. The molecule has 1 fully saturated rings. The fourth-order valence-corrected chi connectivity index (χ4v) is 4.12. The number of thiophene rings is 1. The van der Waals surface area contributed by atoms with Gasteiger partial charge < -0.3 is 15.5 Å². The van der Waals surface area contributed by atoms with Gasteiger partial charge in [0.1, 0.15) is 10.9 Å². The van der Waals surface area contributed by atoms with Crippen LogP contribution in [0, 0.1) is 11.3 Å². The Kier molecular flexibility index (Phi) is 5.60. The van der Waals surface area contributed by atoms with Crippen LogP contribution in [0.1, 0.15) is 28.1 Å². The van der Waals surface area contributed by atoms with E-state index in [2.05, 4.69) is 38.8 Å². The van der Waals surface area contributed by atoms with Crippen LogP contribution in [0.2, 0.25) is 0 Å². The quantitative estimate of drug-likeness (QED) is 0.599. The van der Waals surface area contributed by atoms with Gasteiger partial charge in [0.05, 0.1) is 10.6 Å². The summed E-state index contributed by atoms with van der Waals surface area (Å²) in [4.78, 5) is 16.4. The minimum atomic E-state index is -0.210. The van der Waals surface area contributed by atoms with Crippen LogP contribution in [0.4, 0.5) is 11.5 Å². The Hall–Kier alpha value is -3.15. The summed E-state index contributed by atoms with van der Waals surface area (Å²) in [6, 6.07) is 15.5. The molecule has 1 aliphatic rings. The number of aromatic amines is 1. The molecule has 0 unspecified atom stereocenters. The number of anilines is 2. The molecule has 1 aromatic carbocycles. The lowest BCUT2D eigenvalue weighted by atomic mass is 10.0. The first-order chi connectivity index (χ1) is 14.1. The van der Waals surface area contributed by atoms with Gasteiger partial charge in [0.2, 0.25) is 0 Å². The van der Waals surface area contributed by atoms with Gasteiger partial charge in [-0.1, -0.05) is 0 Å². The maximum Gasteiger partial charge on any atom is 0.256 e. The first-order valence-corrected chi connectivity index (χ1v) is 10.3. The van der Waals surface area contributed by atoms with Crippen LogP contribution in [-0.4, -0.2) is 47.2 Å². The first-order valence-electron chi connectivity index (χ1n) is 9.53. The van der Waals surface area contributed by atoms with Gasteiger partial charge in [0.15, 0.2) is 5.82 Å². The van der Waals surface area contributed by atoms with Crippen molar-refractivity contribution in [3.8, 4) is 16.6 Å². The Morgan fingerprint density at radius 1 is 1.24 bits per heavy atom. The summed E-state index contributed by atoms with van der Waals surface area (Å²) in [5.74, 6) is 0.239. The van der Waals surface area contributed by atoms with E-state index in [1.54, 1.807) is 12.1 Å². The van der Waals surface area contributed by atoms with Crippen LogP contribution < -0.4 is 10.6 Å². The molecule has 0 bridgehead atoms. The molecule has 0 spiro atoms. The van der Waals surface area contributed by atoms with E-state index in [9.17, 15) is 4.79 Å². The maximum absolute atomic E-state index is 12.5. The number of H-pyrrole nitrogens is 1. The highest BCUT2D eigenvalue weighted by Gasteiger charge is 2.16. The molecule has 1 aliphatic heterocycles. The zero-order valence-corrected chi connectivity index (χ0v) is 16.9. The molecule has 3 aromatic rings. The Labute approximate surface area is 173 Å². The van der Waals surface area contributed by atoms with Gasteiger partial charge in [-0.3, -0.25) is 9.89 Å². The largest absolute Gasteiger partial charge is 0.382 e. The van der Waals surface area contributed by atoms with Crippen LogP contribution in [0.15, 0.2) is 42.5 Å². The monoisotopic (exact) mass is 406 g/mol. The molecule has 2 aromatic heterocycles. The van der Waals surface area contributed by atoms with Gasteiger partial charge in [0, 0.05) is 23.4 Å². The van der Waals surface area contributed by atoms with Crippen LogP contribution in [0.25, 0.3) is 10.6 Å². The third-order valence-corrected chi connectivity index (χ3v) is 6.06. The molecular weight excluding hydrogens is 384 g/mol. The summed E-state index contributed by atoms with van der Waals surface area (Å²) < 4.78 is 0. The molecule has 3 N–H and O–H groups in total. The molecule has 1 amide bonds. The number of nitrogens with zero attached hydrogens (tertiary/aromatic N) is 3. The Bertz CT molecular complexity index is 1020. The minimum absolute atomic E-state index is 0.210. The summed E-state index contributed by atoms with van der Waals surface area (Å²) in [5.41, 5.74) is 2.37. The topological polar surface area (TPSA) is 96.8 Å². The van der Waals surface area contributed by atoms with Crippen molar-refractivity contribution < 1.29 is 4.79 Å². The number of piperidine rings is 1. The SMILES string of the molecule is CN1CCC(Nc2ccc(C(=O)Nc3cc(-c4ccc(C#N)s4)[nH]n3)cc2)CC1.